The maximum Gasteiger partial charge on any atom is 0.169 e. The van der Waals surface area contributed by atoms with Crippen LogP contribution in [0, 0.1) is 0 Å². The van der Waals surface area contributed by atoms with Crippen LogP contribution in [0.25, 0.3) is 0 Å². The van der Waals surface area contributed by atoms with Gasteiger partial charge in [0.25, 0.3) is 0 Å². The second-order valence-corrected chi connectivity index (χ2v) is 2.89. The van der Waals surface area contributed by atoms with E-state index in [1.807, 2.05) is 0 Å². The summed E-state index contributed by atoms with van der Waals surface area (Å²) >= 11 is 0. The zero-order valence-corrected chi connectivity index (χ0v) is 6.42. The summed E-state index contributed by atoms with van der Waals surface area (Å²) in [4.78, 5) is 0. The van der Waals surface area contributed by atoms with Crippen LogP contribution < -0.4 is 5.73 Å². The molecule has 1 aliphatic heterocycles. The van der Waals surface area contributed by atoms with Crippen molar-refractivity contribution in [3.63, 3.8) is 0 Å². The molecule has 0 saturated carbocycles. The van der Waals surface area contributed by atoms with Gasteiger partial charge in [0.15, 0.2) is 5.72 Å². The van der Waals surface area contributed by atoms with Crippen LogP contribution >= 0.6 is 0 Å². The predicted molar refractivity (Wildman–Crippen MR) is 38.0 cm³/mol. The minimum absolute atomic E-state index is 0.447. The summed E-state index contributed by atoms with van der Waals surface area (Å²) < 4.78 is 4.85. The maximum absolute atomic E-state index is 9.25. The molecule has 72 valence electrons. The molecule has 6 N–H and O–H groups in total. The molecule has 0 aromatic heterocycles. The van der Waals surface area contributed by atoms with E-state index in [1.165, 1.54) is 0 Å². The molecule has 12 heavy (non-hydrogen) atoms. The van der Waals surface area contributed by atoms with Crippen LogP contribution in [-0.4, -0.2) is 57.7 Å². The standard InChI is InChI=1S/C6H13NO5/c7-6(2-9)5(11)4(10)3(1-8)12-6/h3-5,8-11H,1-2,7H2/t3-,4-,5+,6?/m0/s1. The topological polar surface area (TPSA) is 116 Å². The van der Waals surface area contributed by atoms with Crippen LogP contribution in [0.2, 0.25) is 0 Å². The molecule has 0 aromatic rings. The summed E-state index contributed by atoms with van der Waals surface area (Å²) in [7, 11) is 0. The third kappa shape index (κ3) is 1.33. The molecule has 0 bridgehead atoms. The van der Waals surface area contributed by atoms with Gasteiger partial charge in [-0.2, -0.15) is 0 Å². The van der Waals surface area contributed by atoms with Crippen molar-refractivity contribution in [1.29, 1.82) is 0 Å². The SMILES string of the molecule is NC1(CO)O[C@@H](CO)[C@H](O)[C@H]1O. The molecule has 1 heterocycles. The van der Waals surface area contributed by atoms with Crippen molar-refractivity contribution in [2.75, 3.05) is 13.2 Å². The average Bonchev–Trinajstić information content (AvgIpc) is 2.31. The van der Waals surface area contributed by atoms with Crippen LogP contribution in [-0.2, 0) is 4.74 Å². The second-order valence-electron chi connectivity index (χ2n) is 2.89. The Kier molecular flexibility index (Phi) is 2.67. The van der Waals surface area contributed by atoms with Crippen molar-refractivity contribution in [1.82, 2.24) is 0 Å². The highest BCUT2D eigenvalue weighted by Gasteiger charge is 2.51. The Morgan fingerprint density at radius 2 is 1.92 bits per heavy atom. The van der Waals surface area contributed by atoms with Gasteiger partial charge in [-0.15, -0.1) is 0 Å². The molecule has 0 aromatic carbocycles. The van der Waals surface area contributed by atoms with Gasteiger partial charge in [0.2, 0.25) is 0 Å². The lowest BCUT2D eigenvalue weighted by Gasteiger charge is -2.24. The van der Waals surface area contributed by atoms with Gasteiger partial charge in [0.1, 0.15) is 18.3 Å². The maximum atomic E-state index is 9.25. The first kappa shape index (κ1) is 9.85. The van der Waals surface area contributed by atoms with Gasteiger partial charge in [-0.1, -0.05) is 0 Å². The Balaban J connectivity index is 2.72. The first-order valence-electron chi connectivity index (χ1n) is 3.59. The third-order valence-corrected chi connectivity index (χ3v) is 2.00. The number of aliphatic hydroxyl groups excluding tert-OH is 4. The van der Waals surface area contributed by atoms with E-state index in [-0.39, 0.29) is 0 Å². The van der Waals surface area contributed by atoms with Gasteiger partial charge in [0.05, 0.1) is 13.2 Å². The van der Waals surface area contributed by atoms with Crippen molar-refractivity contribution in [2.45, 2.75) is 24.0 Å². The summed E-state index contributed by atoms with van der Waals surface area (Å²) in [6, 6.07) is 0. The van der Waals surface area contributed by atoms with Crippen LogP contribution in [0.1, 0.15) is 0 Å². The molecule has 0 aliphatic carbocycles. The zero-order chi connectivity index (χ0) is 9.35. The lowest BCUT2D eigenvalue weighted by molar-refractivity contribution is -0.114. The van der Waals surface area contributed by atoms with E-state index >= 15 is 0 Å². The normalized spacial score (nSPS) is 48.2. The molecular formula is C6H13NO5. The van der Waals surface area contributed by atoms with Gasteiger partial charge < -0.3 is 25.2 Å². The number of aliphatic hydroxyl groups is 4. The molecule has 1 aliphatic rings. The molecular weight excluding hydrogens is 166 g/mol. The molecule has 0 spiro atoms. The van der Waals surface area contributed by atoms with Crippen molar-refractivity contribution in [2.24, 2.45) is 5.73 Å². The number of ether oxygens (including phenoxy) is 1. The smallest absolute Gasteiger partial charge is 0.169 e. The average molecular weight is 179 g/mol. The summed E-state index contributed by atoms with van der Waals surface area (Å²) in [5.41, 5.74) is 3.71. The minimum atomic E-state index is -1.66. The highest BCUT2D eigenvalue weighted by Crippen LogP contribution is 2.26. The fourth-order valence-electron chi connectivity index (χ4n) is 1.19. The Morgan fingerprint density at radius 3 is 2.17 bits per heavy atom. The molecule has 6 nitrogen and oxygen atoms in total. The zero-order valence-electron chi connectivity index (χ0n) is 6.42. The minimum Gasteiger partial charge on any atom is -0.394 e. The lowest BCUT2D eigenvalue weighted by atomic mass is 10.0. The molecule has 4 atom stereocenters. The molecule has 1 unspecified atom stereocenters. The Hall–Kier alpha value is -0.240. The van der Waals surface area contributed by atoms with E-state index in [9.17, 15) is 10.2 Å². The van der Waals surface area contributed by atoms with Crippen molar-refractivity contribution < 1.29 is 25.2 Å². The molecule has 1 saturated heterocycles. The highest BCUT2D eigenvalue weighted by molar-refractivity contribution is 4.97. The largest absolute Gasteiger partial charge is 0.394 e. The van der Waals surface area contributed by atoms with Gasteiger partial charge in [-0.3, -0.25) is 5.73 Å². The molecule has 1 fully saturated rings. The predicted octanol–water partition coefficient (Wildman–Crippen LogP) is -3.25. The van der Waals surface area contributed by atoms with Gasteiger partial charge in [0, 0.05) is 0 Å². The molecule has 6 heteroatoms. The van der Waals surface area contributed by atoms with Gasteiger partial charge in [-0.05, 0) is 0 Å². The summed E-state index contributed by atoms with van der Waals surface area (Å²) in [5.74, 6) is 0. The van der Waals surface area contributed by atoms with Crippen LogP contribution in [0.5, 0.6) is 0 Å². The number of hydrogen-bond acceptors (Lipinski definition) is 6. The van der Waals surface area contributed by atoms with E-state index in [0.717, 1.165) is 0 Å². The van der Waals surface area contributed by atoms with E-state index in [0.29, 0.717) is 0 Å². The van der Waals surface area contributed by atoms with E-state index in [4.69, 9.17) is 20.7 Å². The molecule has 0 amide bonds. The van der Waals surface area contributed by atoms with E-state index in [2.05, 4.69) is 0 Å². The van der Waals surface area contributed by atoms with Gasteiger partial charge in [-0.25, -0.2) is 0 Å². The van der Waals surface area contributed by atoms with Crippen molar-refractivity contribution in [3.05, 3.63) is 0 Å². The molecule has 1 rings (SSSR count). The number of rotatable bonds is 2. The monoisotopic (exact) mass is 179 g/mol. The Bertz CT molecular complexity index is 166. The number of hydrogen-bond donors (Lipinski definition) is 5. The van der Waals surface area contributed by atoms with E-state index < -0.39 is 37.3 Å². The number of nitrogens with two attached hydrogens (primary N) is 1. The van der Waals surface area contributed by atoms with Crippen molar-refractivity contribution in [3.8, 4) is 0 Å². The highest BCUT2D eigenvalue weighted by atomic mass is 16.6. The van der Waals surface area contributed by atoms with Crippen LogP contribution in [0.3, 0.4) is 0 Å². The van der Waals surface area contributed by atoms with Crippen molar-refractivity contribution >= 4 is 0 Å². The van der Waals surface area contributed by atoms with E-state index in [1.54, 1.807) is 0 Å². The van der Waals surface area contributed by atoms with Crippen LogP contribution in [0.4, 0.5) is 0 Å². The first-order chi connectivity index (χ1) is 5.55. The van der Waals surface area contributed by atoms with Crippen LogP contribution in [0.15, 0.2) is 0 Å². The summed E-state index contributed by atoms with van der Waals surface area (Å²) in [6.07, 6.45) is -3.57. The summed E-state index contributed by atoms with van der Waals surface area (Å²) in [5, 5.41) is 35.8. The first-order valence-corrected chi connectivity index (χ1v) is 3.59. The fraction of sp³-hybridized carbons (Fsp3) is 1.00. The second kappa shape index (κ2) is 3.25. The Labute approximate surface area is 69.2 Å². The quantitative estimate of drug-likeness (QED) is 0.304. The molecule has 0 radical (unpaired) electrons. The third-order valence-electron chi connectivity index (χ3n) is 2.00. The van der Waals surface area contributed by atoms with Gasteiger partial charge >= 0.3 is 0 Å². The fourth-order valence-corrected chi connectivity index (χ4v) is 1.19. The summed E-state index contributed by atoms with van der Waals surface area (Å²) in [6.45, 7) is -1.06. The Morgan fingerprint density at radius 1 is 1.33 bits per heavy atom. The lowest BCUT2D eigenvalue weighted by Crippen LogP contribution is -2.54.